The van der Waals surface area contributed by atoms with Gasteiger partial charge in [0.15, 0.2) is 6.10 Å². The van der Waals surface area contributed by atoms with Crippen LogP contribution in [0.25, 0.3) is 10.8 Å². The number of carbonyl (C=O) groups excluding carboxylic acids is 2. The van der Waals surface area contributed by atoms with Crippen LogP contribution < -0.4 is 9.96 Å². The van der Waals surface area contributed by atoms with Crippen molar-refractivity contribution in [1.29, 1.82) is 0 Å². The Bertz CT molecular complexity index is 1370. The van der Waals surface area contributed by atoms with E-state index in [1.165, 1.54) is 4.90 Å². The average molecular weight is 455 g/mol. The van der Waals surface area contributed by atoms with Crippen LogP contribution in [0.5, 0.6) is 0 Å². The van der Waals surface area contributed by atoms with Crippen molar-refractivity contribution >= 4 is 45.6 Å². The highest BCUT2D eigenvalue weighted by atomic mass is 35.5. The van der Waals surface area contributed by atoms with E-state index in [-0.39, 0.29) is 11.8 Å². The van der Waals surface area contributed by atoms with Gasteiger partial charge in [-0.1, -0.05) is 72.3 Å². The van der Waals surface area contributed by atoms with Crippen LogP contribution in [0, 0.1) is 5.92 Å². The molecule has 0 aliphatic carbocycles. The molecule has 2 aliphatic heterocycles. The molecule has 162 valence electrons. The Labute approximate surface area is 195 Å². The van der Waals surface area contributed by atoms with Crippen LogP contribution in [0.15, 0.2) is 97.1 Å². The summed E-state index contributed by atoms with van der Waals surface area (Å²) in [5, 5.41) is 4.30. The number of hydrogen-bond acceptors (Lipinski definition) is 4. The van der Waals surface area contributed by atoms with Crippen LogP contribution in [-0.4, -0.2) is 17.9 Å². The fourth-order valence-electron chi connectivity index (χ4n) is 4.78. The second kappa shape index (κ2) is 7.73. The lowest BCUT2D eigenvalue weighted by Gasteiger charge is -2.28. The minimum absolute atomic E-state index is 0.265. The van der Waals surface area contributed by atoms with Crippen LogP contribution in [0.1, 0.15) is 11.6 Å². The Balaban J connectivity index is 1.43. The number of nitrogens with zero attached hydrogens (tertiary/aromatic N) is 2. The molecule has 2 aliphatic rings. The number of halogens is 1. The molecule has 3 atom stereocenters. The molecule has 2 amide bonds. The Morgan fingerprint density at radius 3 is 2.15 bits per heavy atom. The zero-order valence-corrected chi connectivity index (χ0v) is 18.2. The molecule has 2 saturated heterocycles. The lowest BCUT2D eigenvalue weighted by Crippen LogP contribution is -2.37. The van der Waals surface area contributed by atoms with Gasteiger partial charge in [-0.3, -0.25) is 14.4 Å². The molecular weight excluding hydrogens is 436 g/mol. The largest absolute Gasteiger partial charge is 0.273 e. The Kier molecular flexibility index (Phi) is 4.68. The molecule has 0 radical (unpaired) electrons. The summed E-state index contributed by atoms with van der Waals surface area (Å²) < 4.78 is 0. The Morgan fingerprint density at radius 2 is 1.39 bits per heavy atom. The Hall–Kier alpha value is -3.67. The van der Waals surface area contributed by atoms with Gasteiger partial charge in [0.05, 0.1) is 17.4 Å². The zero-order chi connectivity index (χ0) is 22.5. The SMILES string of the molecule is O=C1[C@H]2[C@@H](ON(c3ccccc3)[C@H]2c2ccc(Cl)cc2)C(=O)N1c1ccc2ccccc2c1. The van der Waals surface area contributed by atoms with Crippen LogP contribution in [0.2, 0.25) is 5.02 Å². The van der Waals surface area contributed by atoms with E-state index in [9.17, 15) is 9.59 Å². The summed E-state index contributed by atoms with van der Waals surface area (Å²) in [7, 11) is 0. The third-order valence-corrected chi connectivity index (χ3v) is 6.58. The van der Waals surface area contributed by atoms with Crippen molar-refractivity contribution in [2.45, 2.75) is 12.1 Å². The number of amides is 2. The maximum atomic E-state index is 13.7. The van der Waals surface area contributed by atoms with E-state index in [2.05, 4.69) is 0 Å². The lowest BCUT2D eigenvalue weighted by molar-refractivity contribution is -0.126. The molecule has 5 nitrogen and oxygen atoms in total. The first kappa shape index (κ1) is 20.0. The highest BCUT2D eigenvalue weighted by Gasteiger charge is 2.60. The molecule has 2 fully saturated rings. The van der Waals surface area contributed by atoms with Gasteiger partial charge < -0.3 is 0 Å². The molecule has 0 bridgehead atoms. The summed E-state index contributed by atoms with van der Waals surface area (Å²) in [6.07, 6.45) is -0.898. The van der Waals surface area contributed by atoms with E-state index in [0.29, 0.717) is 10.7 Å². The number of para-hydroxylation sites is 1. The Morgan fingerprint density at radius 1 is 0.697 bits per heavy atom. The zero-order valence-electron chi connectivity index (χ0n) is 17.5. The van der Waals surface area contributed by atoms with Crippen molar-refractivity contribution in [2.24, 2.45) is 5.92 Å². The van der Waals surface area contributed by atoms with Gasteiger partial charge in [0.1, 0.15) is 5.92 Å². The maximum Gasteiger partial charge on any atom is 0.266 e. The number of fused-ring (bicyclic) bond motifs is 2. The van der Waals surface area contributed by atoms with Gasteiger partial charge in [0.25, 0.3) is 5.91 Å². The summed E-state index contributed by atoms with van der Waals surface area (Å²) in [6, 6.07) is 29.9. The summed E-state index contributed by atoms with van der Waals surface area (Å²) >= 11 is 6.11. The van der Waals surface area contributed by atoms with Crippen LogP contribution in [0.3, 0.4) is 0 Å². The van der Waals surface area contributed by atoms with E-state index in [1.807, 2.05) is 84.9 Å². The fraction of sp³-hybridized carbons (Fsp3) is 0.111. The maximum absolute atomic E-state index is 13.7. The van der Waals surface area contributed by atoms with E-state index in [1.54, 1.807) is 17.2 Å². The number of hydrogen-bond donors (Lipinski definition) is 0. The number of carbonyl (C=O) groups is 2. The number of benzene rings is 4. The smallest absolute Gasteiger partial charge is 0.266 e. The topological polar surface area (TPSA) is 49.9 Å². The van der Waals surface area contributed by atoms with Gasteiger partial charge in [-0.15, -0.1) is 0 Å². The van der Waals surface area contributed by atoms with Crippen molar-refractivity contribution in [3.63, 3.8) is 0 Å². The summed E-state index contributed by atoms with van der Waals surface area (Å²) in [6.45, 7) is 0. The van der Waals surface area contributed by atoms with Crippen molar-refractivity contribution in [2.75, 3.05) is 9.96 Å². The van der Waals surface area contributed by atoms with Gasteiger partial charge >= 0.3 is 0 Å². The molecule has 0 N–H and O–H groups in total. The molecule has 6 heteroatoms. The van der Waals surface area contributed by atoms with Crippen molar-refractivity contribution < 1.29 is 14.4 Å². The van der Waals surface area contributed by atoms with Gasteiger partial charge in [0.2, 0.25) is 5.91 Å². The molecule has 0 aromatic heterocycles. The molecule has 4 aromatic rings. The summed E-state index contributed by atoms with van der Waals surface area (Å²) in [4.78, 5) is 34.7. The van der Waals surface area contributed by atoms with E-state index < -0.39 is 18.1 Å². The van der Waals surface area contributed by atoms with Gasteiger partial charge in [-0.25, -0.2) is 9.96 Å². The number of anilines is 2. The van der Waals surface area contributed by atoms with Crippen molar-refractivity contribution in [3.8, 4) is 0 Å². The van der Waals surface area contributed by atoms with Gasteiger partial charge in [-0.05, 0) is 52.7 Å². The predicted molar refractivity (Wildman–Crippen MR) is 128 cm³/mol. The first-order valence-corrected chi connectivity index (χ1v) is 11.1. The monoisotopic (exact) mass is 454 g/mol. The number of imide groups is 1. The highest BCUT2D eigenvalue weighted by molar-refractivity contribution is 6.30. The number of hydroxylamine groups is 1. The summed E-state index contributed by atoms with van der Waals surface area (Å²) in [5.41, 5.74) is 2.20. The second-order valence-corrected chi connectivity index (χ2v) is 8.69. The first-order chi connectivity index (χ1) is 16.1. The van der Waals surface area contributed by atoms with Crippen LogP contribution >= 0.6 is 11.6 Å². The van der Waals surface area contributed by atoms with Gasteiger partial charge in [0, 0.05) is 5.02 Å². The lowest BCUT2D eigenvalue weighted by atomic mass is 9.90. The molecule has 0 saturated carbocycles. The van der Waals surface area contributed by atoms with E-state index in [0.717, 1.165) is 22.0 Å². The fourth-order valence-corrected chi connectivity index (χ4v) is 4.91. The quantitative estimate of drug-likeness (QED) is 0.381. The highest BCUT2D eigenvalue weighted by Crippen LogP contribution is 2.47. The third-order valence-electron chi connectivity index (χ3n) is 6.33. The standard InChI is InChI=1S/C27H19ClN2O3/c28-20-13-10-18(11-14-20)24-23-25(33-30(24)21-8-2-1-3-9-21)27(32)29(26(23)31)22-15-12-17-6-4-5-7-19(17)16-22/h1-16,23-25H/t23-,24+,25-/m1/s1. The van der Waals surface area contributed by atoms with Gasteiger partial charge in [-0.2, -0.15) is 0 Å². The number of rotatable bonds is 3. The minimum atomic E-state index is -0.898. The van der Waals surface area contributed by atoms with Crippen LogP contribution in [-0.2, 0) is 14.4 Å². The molecular formula is C27H19ClN2O3. The molecule has 0 unspecified atom stereocenters. The molecule has 0 spiro atoms. The molecule has 2 heterocycles. The molecule has 4 aromatic carbocycles. The molecule has 6 rings (SSSR count). The third kappa shape index (κ3) is 3.20. The molecule has 33 heavy (non-hydrogen) atoms. The predicted octanol–water partition coefficient (Wildman–Crippen LogP) is 5.54. The second-order valence-electron chi connectivity index (χ2n) is 8.25. The normalized spacial score (nSPS) is 22.3. The minimum Gasteiger partial charge on any atom is -0.273 e. The van der Waals surface area contributed by atoms with E-state index in [4.69, 9.17) is 16.4 Å². The van der Waals surface area contributed by atoms with Crippen LogP contribution in [0.4, 0.5) is 11.4 Å². The average Bonchev–Trinajstić information content (AvgIpc) is 3.36. The summed E-state index contributed by atoms with van der Waals surface area (Å²) in [5.74, 6) is -1.29. The van der Waals surface area contributed by atoms with Crippen molar-refractivity contribution in [1.82, 2.24) is 0 Å². The first-order valence-electron chi connectivity index (χ1n) is 10.7. The van der Waals surface area contributed by atoms with Crippen molar-refractivity contribution in [3.05, 3.63) is 108 Å². The van der Waals surface area contributed by atoms with E-state index >= 15 is 0 Å².